The van der Waals surface area contributed by atoms with E-state index in [1.165, 1.54) is 6.07 Å². The fourth-order valence-corrected chi connectivity index (χ4v) is 4.51. The molecule has 1 unspecified atom stereocenters. The number of hydrogen-bond acceptors (Lipinski definition) is 5. The molecule has 0 aliphatic carbocycles. The summed E-state index contributed by atoms with van der Waals surface area (Å²) in [5.41, 5.74) is 0. The molecule has 0 bridgehead atoms. The molecule has 2 N–H and O–H groups in total. The Morgan fingerprint density at radius 3 is 3.00 bits per heavy atom. The van der Waals surface area contributed by atoms with Gasteiger partial charge in [-0.1, -0.05) is 6.07 Å². The summed E-state index contributed by atoms with van der Waals surface area (Å²) in [5, 5.41) is 4.82. The zero-order chi connectivity index (χ0) is 15.3. The monoisotopic (exact) mass is 331 g/mol. The van der Waals surface area contributed by atoms with Crippen LogP contribution in [0.2, 0.25) is 0 Å². The molecule has 1 saturated heterocycles. The Morgan fingerprint density at radius 1 is 1.52 bits per heavy atom. The van der Waals surface area contributed by atoms with Crippen LogP contribution >= 0.6 is 11.3 Å². The summed E-state index contributed by atoms with van der Waals surface area (Å²) in [7, 11) is -1.67. The molecule has 2 rings (SSSR count). The Balaban J connectivity index is 1.87. The zero-order valence-electron chi connectivity index (χ0n) is 12.0. The second kappa shape index (κ2) is 7.35. The highest BCUT2D eigenvalue weighted by Crippen LogP contribution is 2.17. The molecule has 0 spiro atoms. The molecule has 1 amide bonds. The van der Waals surface area contributed by atoms with Crippen molar-refractivity contribution in [3.05, 3.63) is 17.5 Å². The maximum absolute atomic E-state index is 12.1. The summed E-state index contributed by atoms with van der Waals surface area (Å²) < 4.78 is 26.6. The molecule has 2 heterocycles. The fraction of sp³-hybridized carbons (Fsp3) is 0.615. The van der Waals surface area contributed by atoms with Crippen LogP contribution in [0.5, 0.6) is 0 Å². The molecule has 6 nitrogen and oxygen atoms in total. The van der Waals surface area contributed by atoms with Gasteiger partial charge >= 0.3 is 0 Å². The van der Waals surface area contributed by atoms with Crippen molar-refractivity contribution in [3.8, 4) is 0 Å². The first-order valence-electron chi connectivity index (χ1n) is 6.98. The largest absolute Gasteiger partial charge is 0.341 e. The van der Waals surface area contributed by atoms with Gasteiger partial charge in [-0.05, 0) is 43.8 Å². The van der Waals surface area contributed by atoms with Gasteiger partial charge in [-0.3, -0.25) is 4.79 Å². The molecule has 0 aromatic carbocycles. The number of nitrogens with one attached hydrogen (secondary N) is 2. The first-order chi connectivity index (χ1) is 10.0. The van der Waals surface area contributed by atoms with Gasteiger partial charge < -0.3 is 10.2 Å². The van der Waals surface area contributed by atoms with Crippen LogP contribution in [0.25, 0.3) is 0 Å². The number of likely N-dealkylation sites (tertiary alicyclic amines) is 1. The molecule has 0 saturated carbocycles. The van der Waals surface area contributed by atoms with Crippen molar-refractivity contribution in [1.29, 1.82) is 0 Å². The van der Waals surface area contributed by atoms with Crippen molar-refractivity contribution < 1.29 is 13.2 Å². The number of sulfonamides is 1. The van der Waals surface area contributed by atoms with Gasteiger partial charge in [0.05, 0.1) is 6.54 Å². The Morgan fingerprint density at radius 2 is 2.33 bits per heavy atom. The van der Waals surface area contributed by atoms with Crippen LogP contribution in [-0.4, -0.2) is 52.5 Å². The number of carbonyl (C=O) groups excluding carboxylic acids is 1. The van der Waals surface area contributed by atoms with Crippen molar-refractivity contribution >= 4 is 27.3 Å². The number of piperidine rings is 1. The number of nitrogens with zero attached hydrogens (tertiary/aromatic N) is 1. The quantitative estimate of drug-likeness (QED) is 0.795. The molecule has 1 aliphatic heterocycles. The smallest absolute Gasteiger partial charge is 0.250 e. The highest BCUT2D eigenvalue weighted by atomic mass is 32.2. The third-order valence-corrected chi connectivity index (χ3v) is 6.34. The predicted octanol–water partition coefficient (Wildman–Crippen LogP) is 0.484. The lowest BCUT2D eigenvalue weighted by molar-refractivity contribution is -0.131. The highest BCUT2D eigenvalue weighted by molar-refractivity contribution is 7.91. The lowest BCUT2D eigenvalue weighted by atomic mass is 9.98. The highest BCUT2D eigenvalue weighted by Gasteiger charge is 2.24. The molecule has 8 heteroatoms. The van der Waals surface area contributed by atoms with Crippen LogP contribution in [0.3, 0.4) is 0 Å². The molecular weight excluding hydrogens is 310 g/mol. The summed E-state index contributed by atoms with van der Waals surface area (Å²) in [6.07, 6.45) is 2.07. The molecule has 1 aliphatic rings. The fourth-order valence-electron chi connectivity index (χ4n) is 2.50. The van der Waals surface area contributed by atoms with Gasteiger partial charge in [0.15, 0.2) is 0 Å². The van der Waals surface area contributed by atoms with Gasteiger partial charge in [-0.15, -0.1) is 11.3 Å². The van der Waals surface area contributed by atoms with E-state index in [0.717, 1.165) is 30.7 Å². The third kappa shape index (κ3) is 4.50. The van der Waals surface area contributed by atoms with Gasteiger partial charge in [0.1, 0.15) is 4.21 Å². The van der Waals surface area contributed by atoms with Crippen molar-refractivity contribution in [2.75, 3.05) is 33.2 Å². The lowest BCUT2D eigenvalue weighted by Crippen LogP contribution is -2.46. The van der Waals surface area contributed by atoms with E-state index in [-0.39, 0.29) is 16.7 Å². The molecule has 1 aromatic heterocycles. The molecular formula is C13H21N3O3S2. The predicted molar refractivity (Wildman–Crippen MR) is 82.7 cm³/mol. The summed E-state index contributed by atoms with van der Waals surface area (Å²) in [4.78, 5) is 13.9. The van der Waals surface area contributed by atoms with Crippen LogP contribution in [0.1, 0.15) is 12.8 Å². The van der Waals surface area contributed by atoms with Crippen LogP contribution in [0.4, 0.5) is 0 Å². The van der Waals surface area contributed by atoms with Crippen molar-refractivity contribution in [1.82, 2.24) is 14.9 Å². The van der Waals surface area contributed by atoms with Gasteiger partial charge in [-0.2, -0.15) is 0 Å². The first kappa shape index (κ1) is 16.4. The van der Waals surface area contributed by atoms with Crippen molar-refractivity contribution in [3.63, 3.8) is 0 Å². The Hall–Kier alpha value is -0.960. The minimum absolute atomic E-state index is 0.157. The van der Waals surface area contributed by atoms with E-state index in [1.807, 2.05) is 7.05 Å². The van der Waals surface area contributed by atoms with E-state index in [0.29, 0.717) is 19.0 Å². The second-order valence-electron chi connectivity index (χ2n) is 5.16. The molecule has 1 aromatic rings. The van der Waals surface area contributed by atoms with Gasteiger partial charge in [0.25, 0.3) is 10.0 Å². The standard InChI is InChI=1S/C13H21N3O3S2/c1-14-8-11-4-2-6-16(10-11)12(17)9-15-21(18,19)13-5-3-7-20-13/h3,5,7,11,14-15H,2,4,6,8-10H2,1H3. The Bertz CT molecular complexity index is 555. The Kier molecular flexibility index (Phi) is 5.74. The van der Waals surface area contributed by atoms with Crippen LogP contribution < -0.4 is 10.0 Å². The average molecular weight is 331 g/mol. The average Bonchev–Trinajstić information content (AvgIpc) is 3.00. The number of amides is 1. The molecule has 21 heavy (non-hydrogen) atoms. The SMILES string of the molecule is CNCC1CCCN(C(=O)CNS(=O)(=O)c2cccs2)C1. The van der Waals surface area contributed by atoms with Gasteiger partial charge in [0, 0.05) is 13.1 Å². The number of hydrogen-bond donors (Lipinski definition) is 2. The van der Waals surface area contributed by atoms with Crippen LogP contribution in [0.15, 0.2) is 21.7 Å². The van der Waals surface area contributed by atoms with E-state index in [4.69, 9.17) is 0 Å². The van der Waals surface area contributed by atoms with Gasteiger partial charge in [-0.25, -0.2) is 13.1 Å². The molecule has 1 fully saturated rings. The zero-order valence-corrected chi connectivity index (χ0v) is 13.7. The maximum Gasteiger partial charge on any atom is 0.250 e. The van der Waals surface area contributed by atoms with E-state index >= 15 is 0 Å². The summed E-state index contributed by atoms with van der Waals surface area (Å²) >= 11 is 1.14. The number of carbonyl (C=O) groups is 1. The minimum atomic E-state index is -3.57. The van der Waals surface area contributed by atoms with Crippen molar-refractivity contribution in [2.45, 2.75) is 17.1 Å². The molecule has 0 radical (unpaired) electrons. The normalized spacial score (nSPS) is 19.7. The summed E-state index contributed by atoms with van der Waals surface area (Å²) in [5.74, 6) is 0.289. The molecule has 1 atom stereocenters. The van der Waals surface area contributed by atoms with E-state index in [9.17, 15) is 13.2 Å². The van der Waals surface area contributed by atoms with E-state index in [1.54, 1.807) is 16.3 Å². The van der Waals surface area contributed by atoms with Crippen LogP contribution in [-0.2, 0) is 14.8 Å². The number of thiophene rings is 1. The molecule has 118 valence electrons. The summed E-state index contributed by atoms with van der Waals surface area (Å²) in [6.45, 7) is 2.11. The lowest BCUT2D eigenvalue weighted by Gasteiger charge is -2.32. The first-order valence-corrected chi connectivity index (χ1v) is 9.35. The van der Waals surface area contributed by atoms with Crippen LogP contribution in [0, 0.1) is 5.92 Å². The van der Waals surface area contributed by atoms with E-state index < -0.39 is 10.0 Å². The number of rotatable bonds is 6. The van der Waals surface area contributed by atoms with Crippen molar-refractivity contribution in [2.24, 2.45) is 5.92 Å². The maximum atomic E-state index is 12.1. The Labute approximate surface area is 129 Å². The minimum Gasteiger partial charge on any atom is -0.341 e. The van der Waals surface area contributed by atoms with E-state index in [2.05, 4.69) is 10.0 Å². The topological polar surface area (TPSA) is 78.5 Å². The third-order valence-electron chi connectivity index (χ3n) is 3.54. The van der Waals surface area contributed by atoms with Gasteiger partial charge in [0.2, 0.25) is 5.91 Å². The second-order valence-corrected chi connectivity index (χ2v) is 8.10. The summed E-state index contributed by atoms with van der Waals surface area (Å²) in [6, 6.07) is 3.20.